The quantitative estimate of drug-likeness (QED) is 0.392. The van der Waals surface area contributed by atoms with Crippen LogP contribution in [0.25, 0.3) is 5.65 Å². The molecule has 0 amide bonds. The number of sulfonamides is 1. The van der Waals surface area contributed by atoms with Gasteiger partial charge in [-0.05, 0) is 24.3 Å². The monoisotopic (exact) mass is 385 g/mol. The van der Waals surface area contributed by atoms with E-state index >= 15 is 0 Å². The van der Waals surface area contributed by atoms with Crippen LogP contribution in [0, 0.1) is 11.6 Å². The molecule has 0 fully saturated rings. The van der Waals surface area contributed by atoms with Crippen LogP contribution in [0.3, 0.4) is 0 Å². The summed E-state index contributed by atoms with van der Waals surface area (Å²) in [6, 6.07) is 3.82. The maximum Gasteiger partial charge on any atom is 0.278 e. The molecule has 0 N–H and O–H groups in total. The third kappa shape index (κ3) is 3.30. The Morgan fingerprint density at radius 3 is 2.76 bits per heavy atom. The lowest BCUT2D eigenvalue weighted by Crippen LogP contribution is -2.22. The van der Waals surface area contributed by atoms with Crippen LogP contribution in [0.15, 0.2) is 46.7 Å². The van der Waals surface area contributed by atoms with E-state index < -0.39 is 26.6 Å². The number of fused-ring (bicyclic) bond motifs is 1. The fourth-order valence-electron chi connectivity index (χ4n) is 1.95. The Labute approximate surface area is 146 Å². The largest absolute Gasteiger partial charge is 0.278 e. The first-order valence-electron chi connectivity index (χ1n) is 6.77. The second-order valence-corrected chi connectivity index (χ2v) is 7.22. The van der Waals surface area contributed by atoms with Crippen molar-refractivity contribution in [3.63, 3.8) is 0 Å². The molecule has 0 aliphatic heterocycles. The Balaban J connectivity index is 1.91. The van der Waals surface area contributed by atoms with Crippen molar-refractivity contribution in [3.05, 3.63) is 59.0 Å². The standard InChI is InChI=1S/C14H10ClF2N5O2S/c1-21(25(23,24)10-2-3-11(16)12(17)6-10)18-7-9-8-19-22-5-4-13(15)20-14(9)22/h2-8H,1H3/b18-7+. The Morgan fingerprint density at radius 1 is 1.28 bits per heavy atom. The van der Waals surface area contributed by atoms with Crippen LogP contribution in [-0.4, -0.2) is 40.7 Å². The average Bonchev–Trinajstić information content (AvgIpc) is 2.97. The molecule has 130 valence electrons. The number of hydrogen-bond donors (Lipinski definition) is 0. The molecule has 0 unspecified atom stereocenters. The molecule has 0 aliphatic rings. The second kappa shape index (κ2) is 6.37. The molecule has 2 aromatic heterocycles. The molecule has 2 heterocycles. The first-order valence-corrected chi connectivity index (χ1v) is 8.59. The summed E-state index contributed by atoms with van der Waals surface area (Å²) in [6.07, 6.45) is 4.24. The summed E-state index contributed by atoms with van der Waals surface area (Å²) in [4.78, 5) is 3.65. The van der Waals surface area contributed by atoms with Crippen LogP contribution in [0.5, 0.6) is 0 Å². The maximum absolute atomic E-state index is 13.3. The van der Waals surface area contributed by atoms with E-state index in [0.29, 0.717) is 21.7 Å². The fourth-order valence-corrected chi connectivity index (χ4v) is 3.06. The SMILES string of the molecule is CN(/N=C/c1cnn2ccc(Cl)nc12)S(=O)(=O)c1ccc(F)c(F)c1. The van der Waals surface area contributed by atoms with E-state index in [-0.39, 0.29) is 5.15 Å². The van der Waals surface area contributed by atoms with Crippen LogP contribution in [-0.2, 0) is 10.0 Å². The highest BCUT2D eigenvalue weighted by Crippen LogP contribution is 2.18. The number of hydrogen-bond acceptors (Lipinski definition) is 5. The molecule has 0 radical (unpaired) electrons. The first-order chi connectivity index (χ1) is 11.8. The zero-order chi connectivity index (χ0) is 18.2. The summed E-state index contributed by atoms with van der Waals surface area (Å²) in [5, 5.41) is 8.08. The second-order valence-electron chi connectivity index (χ2n) is 4.88. The van der Waals surface area contributed by atoms with Gasteiger partial charge < -0.3 is 0 Å². The summed E-state index contributed by atoms with van der Waals surface area (Å²) in [5.74, 6) is -2.40. The van der Waals surface area contributed by atoms with E-state index in [9.17, 15) is 17.2 Å². The molecular weight excluding hydrogens is 376 g/mol. The van der Waals surface area contributed by atoms with E-state index in [1.807, 2.05) is 0 Å². The Bertz CT molecular complexity index is 1080. The van der Waals surface area contributed by atoms with Gasteiger partial charge in [0.05, 0.1) is 22.9 Å². The molecule has 25 heavy (non-hydrogen) atoms. The molecule has 0 aliphatic carbocycles. The summed E-state index contributed by atoms with van der Waals surface area (Å²) >= 11 is 5.82. The van der Waals surface area contributed by atoms with Gasteiger partial charge in [-0.25, -0.2) is 18.3 Å². The normalized spacial score (nSPS) is 12.2. The third-order valence-corrected chi connectivity index (χ3v) is 5.11. The summed E-state index contributed by atoms with van der Waals surface area (Å²) in [6.45, 7) is 0. The van der Waals surface area contributed by atoms with Crippen molar-refractivity contribution in [3.8, 4) is 0 Å². The van der Waals surface area contributed by atoms with Gasteiger partial charge >= 0.3 is 0 Å². The van der Waals surface area contributed by atoms with Crippen LogP contribution < -0.4 is 0 Å². The molecule has 7 nitrogen and oxygen atoms in total. The smallest absolute Gasteiger partial charge is 0.222 e. The fraction of sp³-hybridized carbons (Fsp3) is 0.0714. The van der Waals surface area contributed by atoms with Gasteiger partial charge in [0.1, 0.15) is 5.15 Å². The average molecular weight is 386 g/mol. The highest BCUT2D eigenvalue weighted by atomic mass is 35.5. The topological polar surface area (TPSA) is 79.9 Å². The molecule has 3 rings (SSSR count). The molecule has 0 spiro atoms. The maximum atomic E-state index is 13.3. The minimum Gasteiger partial charge on any atom is -0.222 e. The van der Waals surface area contributed by atoms with Gasteiger partial charge in [0, 0.05) is 13.2 Å². The van der Waals surface area contributed by atoms with E-state index in [1.165, 1.54) is 24.0 Å². The summed E-state index contributed by atoms with van der Waals surface area (Å²) in [5.41, 5.74) is 0.810. The summed E-state index contributed by atoms with van der Waals surface area (Å²) < 4.78 is 53.0. The number of hydrazone groups is 1. The van der Waals surface area contributed by atoms with Gasteiger partial charge in [0.15, 0.2) is 17.3 Å². The number of benzene rings is 1. The van der Waals surface area contributed by atoms with Crippen molar-refractivity contribution in [2.24, 2.45) is 5.10 Å². The number of rotatable bonds is 4. The zero-order valence-electron chi connectivity index (χ0n) is 12.6. The van der Waals surface area contributed by atoms with Crippen LogP contribution in [0.4, 0.5) is 8.78 Å². The molecule has 1 aromatic carbocycles. The van der Waals surface area contributed by atoms with Crippen molar-refractivity contribution >= 4 is 33.5 Å². The van der Waals surface area contributed by atoms with Crippen molar-refractivity contribution in [1.82, 2.24) is 19.0 Å². The zero-order valence-corrected chi connectivity index (χ0v) is 14.2. The molecule has 0 atom stereocenters. The van der Waals surface area contributed by atoms with Crippen molar-refractivity contribution in [2.75, 3.05) is 7.05 Å². The van der Waals surface area contributed by atoms with Crippen molar-refractivity contribution < 1.29 is 17.2 Å². The third-order valence-electron chi connectivity index (χ3n) is 3.26. The van der Waals surface area contributed by atoms with Crippen LogP contribution >= 0.6 is 11.6 Å². The van der Waals surface area contributed by atoms with E-state index in [2.05, 4.69) is 15.2 Å². The number of halogens is 3. The molecular formula is C14H10ClF2N5O2S. The predicted molar refractivity (Wildman–Crippen MR) is 86.9 cm³/mol. The van der Waals surface area contributed by atoms with E-state index in [1.54, 1.807) is 12.3 Å². The minimum absolute atomic E-state index is 0.241. The lowest BCUT2D eigenvalue weighted by atomic mass is 10.3. The van der Waals surface area contributed by atoms with Gasteiger partial charge in [0.25, 0.3) is 10.0 Å². The highest BCUT2D eigenvalue weighted by Gasteiger charge is 2.21. The van der Waals surface area contributed by atoms with E-state index in [0.717, 1.165) is 12.1 Å². The van der Waals surface area contributed by atoms with Gasteiger partial charge in [-0.1, -0.05) is 11.6 Å². The van der Waals surface area contributed by atoms with Crippen LogP contribution in [0.2, 0.25) is 5.15 Å². The highest BCUT2D eigenvalue weighted by molar-refractivity contribution is 7.89. The van der Waals surface area contributed by atoms with Crippen molar-refractivity contribution in [1.29, 1.82) is 0 Å². The van der Waals surface area contributed by atoms with E-state index in [4.69, 9.17) is 11.6 Å². The van der Waals surface area contributed by atoms with Gasteiger partial charge in [0.2, 0.25) is 0 Å². The number of aromatic nitrogens is 3. The molecule has 0 bridgehead atoms. The first kappa shape index (κ1) is 17.2. The Morgan fingerprint density at radius 2 is 2.04 bits per heavy atom. The van der Waals surface area contributed by atoms with Crippen molar-refractivity contribution in [2.45, 2.75) is 4.90 Å². The molecule has 11 heteroatoms. The lowest BCUT2D eigenvalue weighted by Gasteiger charge is -2.13. The molecule has 3 aromatic rings. The molecule has 0 saturated carbocycles. The molecule has 0 saturated heterocycles. The predicted octanol–water partition coefficient (Wildman–Crippen LogP) is 2.32. The van der Waals surface area contributed by atoms with Crippen LogP contribution in [0.1, 0.15) is 5.56 Å². The van der Waals surface area contributed by atoms with Gasteiger partial charge in [-0.2, -0.15) is 23.0 Å². The van der Waals surface area contributed by atoms with Gasteiger partial charge in [-0.15, -0.1) is 0 Å². The Hall–Kier alpha value is -2.59. The van der Waals surface area contributed by atoms with Gasteiger partial charge in [-0.3, -0.25) is 0 Å². The Kier molecular flexibility index (Phi) is 4.39. The lowest BCUT2D eigenvalue weighted by molar-refractivity contribution is 0.484. The minimum atomic E-state index is -4.14. The number of nitrogens with zero attached hydrogens (tertiary/aromatic N) is 5. The summed E-state index contributed by atoms with van der Waals surface area (Å²) in [7, 11) is -2.97.